The molecule has 0 amide bonds. The van der Waals surface area contributed by atoms with E-state index in [4.69, 9.17) is 24.1 Å². The van der Waals surface area contributed by atoms with E-state index in [1.165, 1.54) is 19.9 Å². The van der Waals surface area contributed by atoms with Crippen molar-refractivity contribution < 1.29 is 74.5 Å². The summed E-state index contributed by atoms with van der Waals surface area (Å²) in [6.07, 6.45) is -6.74. The van der Waals surface area contributed by atoms with Crippen molar-refractivity contribution in [2.24, 2.45) is 35.5 Å². The summed E-state index contributed by atoms with van der Waals surface area (Å²) in [5.41, 5.74) is 1.30. The largest absolute Gasteiger partial charge is 0.463 e. The number of aliphatic hydroxyl groups excluding tert-OH is 9. The maximum Gasteiger partial charge on any atom is 0.333 e. The predicted molar refractivity (Wildman–Crippen MR) is 212 cm³/mol. The zero-order valence-corrected chi connectivity index (χ0v) is 35.8. The topological polar surface area (TPSA) is 253 Å². The summed E-state index contributed by atoms with van der Waals surface area (Å²) >= 11 is 0. The molecule has 15 heteroatoms. The van der Waals surface area contributed by atoms with Crippen molar-refractivity contribution in [3.63, 3.8) is 0 Å². The maximum absolute atomic E-state index is 12.5. The molecule has 0 aromatic heterocycles. The van der Waals surface area contributed by atoms with Gasteiger partial charge in [-0.3, -0.25) is 4.79 Å². The van der Waals surface area contributed by atoms with Gasteiger partial charge in [0.05, 0.1) is 24.9 Å². The number of carbonyl (C=O) groups is 2. The molecule has 0 aliphatic carbocycles. The molecule has 332 valence electrons. The first-order valence-corrected chi connectivity index (χ1v) is 20.2. The first-order chi connectivity index (χ1) is 26.5. The summed E-state index contributed by atoms with van der Waals surface area (Å²) in [4.78, 5) is 23.9. The Morgan fingerprint density at radius 1 is 0.702 bits per heavy atom. The smallest absolute Gasteiger partial charge is 0.333 e. The molecule has 1 aliphatic rings. The van der Waals surface area contributed by atoms with E-state index in [0.717, 1.165) is 19.3 Å². The molecule has 1 heterocycles. The average molecular weight is 819 g/mol. The van der Waals surface area contributed by atoms with E-state index in [-0.39, 0.29) is 24.0 Å². The second-order valence-electron chi connectivity index (χ2n) is 16.5. The normalized spacial score (nSPS) is 27.5. The monoisotopic (exact) mass is 819 g/mol. The molecule has 0 spiro atoms. The van der Waals surface area contributed by atoms with Gasteiger partial charge in [0.2, 0.25) is 0 Å². The first kappa shape index (κ1) is 52.7. The van der Waals surface area contributed by atoms with Gasteiger partial charge in [0.1, 0.15) is 55.9 Å². The van der Waals surface area contributed by atoms with Gasteiger partial charge in [-0.2, -0.15) is 0 Å². The van der Waals surface area contributed by atoms with Crippen LogP contribution in [0.4, 0.5) is 0 Å². The molecule has 1 fully saturated rings. The molecule has 1 rings (SSSR count). The van der Waals surface area contributed by atoms with Crippen LogP contribution in [0.5, 0.6) is 0 Å². The van der Waals surface area contributed by atoms with E-state index in [1.54, 1.807) is 33.8 Å². The fraction of sp³-hybridized carbons (Fsp3) is 0.810. The van der Waals surface area contributed by atoms with Gasteiger partial charge in [-0.15, -0.1) is 0 Å². The molecule has 0 aromatic carbocycles. The Bertz CT molecular complexity index is 1300. The van der Waals surface area contributed by atoms with E-state index in [0.29, 0.717) is 23.0 Å². The minimum absolute atomic E-state index is 0.0761. The van der Waals surface area contributed by atoms with Crippen LogP contribution in [0.2, 0.25) is 0 Å². The second-order valence-corrected chi connectivity index (χ2v) is 16.5. The van der Waals surface area contributed by atoms with Crippen LogP contribution in [0.3, 0.4) is 0 Å². The summed E-state index contributed by atoms with van der Waals surface area (Å²) < 4.78 is 22.4. The van der Waals surface area contributed by atoms with Gasteiger partial charge in [0, 0.05) is 30.3 Å². The zero-order valence-electron chi connectivity index (χ0n) is 35.8. The van der Waals surface area contributed by atoms with Crippen LogP contribution in [-0.2, 0) is 28.5 Å². The van der Waals surface area contributed by atoms with Gasteiger partial charge in [0.15, 0.2) is 6.29 Å². The van der Waals surface area contributed by atoms with E-state index in [9.17, 15) is 50.4 Å². The Kier molecular flexibility index (Phi) is 23.5. The molecule has 57 heavy (non-hydrogen) atoms. The molecule has 0 saturated carbocycles. The highest BCUT2D eigenvalue weighted by molar-refractivity contribution is 5.87. The lowest BCUT2D eigenvalue weighted by molar-refractivity contribution is -0.317. The summed E-state index contributed by atoms with van der Waals surface area (Å²) in [5, 5.41) is 92.7. The standard InChI is InChI=1S/C42H74O15/c1-12-21(2)13-22(3)14-27(8)40(57-42-39(52)38(51)37(50)33(56-42)20-54-30(11)44)28(9)16-25(6)34(47)23(4)15-24(5)35(48)26(7)17-29(10)41(53)55-19-32(46)36(49)31(45)18-43/h15-17,21-23,26-28,31-40,42-43,45-52H,12-14,18-20H2,1-11H3/b24-15+,25-16+,29-17+/t21?,22?,23?,26?,27?,28?,31-,32-,33?,34?,35?,36+,37?,38?,39?,40?,42?/m0/s1. The molecule has 1 aliphatic heterocycles. The molecule has 0 aromatic rings. The van der Waals surface area contributed by atoms with Crippen LogP contribution in [0.1, 0.15) is 95.4 Å². The summed E-state index contributed by atoms with van der Waals surface area (Å²) in [7, 11) is 0. The molecule has 9 N–H and O–H groups in total. The van der Waals surface area contributed by atoms with Gasteiger partial charge < -0.3 is 64.9 Å². The molecule has 14 unspecified atom stereocenters. The lowest BCUT2D eigenvalue weighted by Gasteiger charge is -2.43. The number of aliphatic hydroxyl groups is 9. The minimum atomic E-state index is -1.71. The zero-order chi connectivity index (χ0) is 43.9. The highest BCUT2D eigenvalue weighted by Crippen LogP contribution is 2.33. The van der Waals surface area contributed by atoms with E-state index >= 15 is 0 Å². The predicted octanol–water partition coefficient (Wildman–Crippen LogP) is 1.93. The van der Waals surface area contributed by atoms with Crippen LogP contribution in [-0.4, -0.2) is 145 Å². The Labute approximate surface area is 339 Å². The summed E-state index contributed by atoms with van der Waals surface area (Å²) in [5.74, 6) is -1.96. The fourth-order valence-electron chi connectivity index (χ4n) is 7.35. The van der Waals surface area contributed by atoms with Crippen molar-refractivity contribution in [1.82, 2.24) is 0 Å². The third-order valence-electron chi connectivity index (χ3n) is 10.9. The van der Waals surface area contributed by atoms with Crippen LogP contribution in [0.25, 0.3) is 0 Å². The SMILES string of the molecule is CCC(C)CC(C)CC(C)C(OC1OC(COC(C)=O)C(O)C(O)C1O)C(C)/C=C(\C)C(O)C(C)/C=C(\C)C(O)C(C)/C=C(\C)C(=O)OC[C@H](O)[C@H](O)[C@@H](O)CO. The van der Waals surface area contributed by atoms with E-state index < -0.39 is 104 Å². The number of hydrogen-bond donors (Lipinski definition) is 9. The average Bonchev–Trinajstić information content (AvgIpc) is 3.15. The number of ether oxygens (including phenoxy) is 4. The van der Waals surface area contributed by atoms with Crippen LogP contribution < -0.4 is 0 Å². The lowest BCUT2D eigenvalue weighted by atomic mass is 9.82. The summed E-state index contributed by atoms with van der Waals surface area (Å²) in [6, 6.07) is 0. The van der Waals surface area contributed by atoms with Crippen molar-refractivity contribution in [3.8, 4) is 0 Å². The lowest BCUT2D eigenvalue weighted by Crippen LogP contribution is -2.60. The molecular weight excluding hydrogens is 744 g/mol. The highest BCUT2D eigenvalue weighted by atomic mass is 16.7. The first-order valence-electron chi connectivity index (χ1n) is 20.2. The van der Waals surface area contributed by atoms with Gasteiger partial charge in [-0.05, 0) is 62.5 Å². The second kappa shape index (κ2) is 25.4. The van der Waals surface area contributed by atoms with Gasteiger partial charge in [-0.25, -0.2) is 4.79 Å². The minimum Gasteiger partial charge on any atom is -0.463 e. The van der Waals surface area contributed by atoms with Crippen molar-refractivity contribution >= 4 is 11.9 Å². The quantitative estimate of drug-likeness (QED) is 0.0383. The molecule has 15 nitrogen and oxygen atoms in total. The Morgan fingerprint density at radius 2 is 1.25 bits per heavy atom. The van der Waals surface area contributed by atoms with Crippen LogP contribution in [0, 0.1) is 35.5 Å². The van der Waals surface area contributed by atoms with Gasteiger partial charge in [-0.1, -0.05) is 73.1 Å². The third kappa shape index (κ3) is 17.1. The molecule has 17 atom stereocenters. The Balaban J connectivity index is 3.20. The van der Waals surface area contributed by atoms with Crippen LogP contribution >= 0.6 is 0 Å². The van der Waals surface area contributed by atoms with Crippen molar-refractivity contribution in [2.45, 2.75) is 163 Å². The highest BCUT2D eigenvalue weighted by Gasteiger charge is 2.46. The fourth-order valence-corrected chi connectivity index (χ4v) is 7.35. The number of carbonyl (C=O) groups excluding carboxylic acids is 2. The van der Waals surface area contributed by atoms with Crippen molar-refractivity contribution in [1.29, 1.82) is 0 Å². The molecule has 0 radical (unpaired) electrons. The number of rotatable bonds is 24. The summed E-state index contributed by atoms with van der Waals surface area (Å²) in [6.45, 7) is 18.4. The van der Waals surface area contributed by atoms with Crippen molar-refractivity contribution in [3.05, 3.63) is 34.9 Å². The number of hydrogen-bond acceptors (Lipinski definition) is 15. The van der Waals surface area contributed by atoms with E-state index in [1.807, 2.05) is 19.9 Å². The molecule has 0 bridgehead atoms. The maximum atomic E-state index is 12.5. The third-order valence-corrected chi connectivity index (χ3v) is 10.9. The Morgan fingerprint density at radius 3 is 1.77 bits per heavy atom. The van der Waals surface area contributed by atoms with Crippen LogP contribution in [0.15, 0.2) is 34.9 Å². The molecule has 1 saturated heterocycles. The van der Waals surface area contributed by atoms with Gasteiger partial charge >= 0.3 is 11.9 Å². The van der Waals surface area contributed by atoms with Crippen molar-refractivity contribution in [2.75, 3.05) is 19.8 Å². The Hall–Kier alpha value is -2.28. The van der Waals surface area contributed by atoms with E-state index in [2.05, 4.69) is 20.8 Å². The van der Waals surface area contributed by atoms with Gasteiger partial charge in [0.25, 0.3) is 0 Å². The number of esters is 2. The molecular formula is C42H74O15.